The van der Waals surface area contributed by atoms with E-state index in [1.54, 1.807) is 13.8 Å². The number of nitrogens with one attached hydrogen (secondary N) is 1. The van der Waals surface area contributed by atoms with E-state index in [9.17, 15) is 14.9 Å². The molecular weight excluding hydrogens is 262 g/mol. The van der Waals surface area contributed by atoms with Crippen molar-refractivity contribution < 1.29 is 14.8 Å². The minimum atomic E-state index is -0.951. The molecule has 1 rings (SSSR count). The van der Waals surface area contributed by atoms with Gasteiger partial charge in [-0.05, 0) is 13.8 Å². The van der Waals surface area contributed by atoms with Gasteiger partial charge in [0.25, 0.3) is 5.69 Å². The molecule has 18 heavy (non-hydrogen) atoms. The van der Waals surface area contributed by atoms with Crippen LogP contribution in [-0.2, 0) is 4.79 Å². The number of nitro groups is 1. The Morgan fingerprint density at radius 3 is 2.67 bits per heavy atom. The SMILES string of the molecule is CC(Nc1ncc([N+](=O)[O-])cc1Cl)C(C)C(=O)O. The first-order valence-electron chi connectivity index (χ1n) is 5.12. The third-order valence-corrected chi connectivity index (χ3v) is 2.83. The molecule has 0 aliphatic carbocycles. The van der Waals surface area contributed by atoms with Gasteiger partial charge in [-0.3, -0.25) is 14.9 Å². The maximum absolute atomic E-state index is 10.8. The highest BCUT2D eigenvalue weighted by atomic mass is 35.5. The predicted molar refractivity (Wildman–Crippen MR) is 65.8 cm³/mol. The molecule has 2 N–H and O–H groups in total. The lowest BCUT2D eigenvalue weighted by Gasteiger charge is -2.18. The molecular formula is C10H12ClN3O4. The van der Waals surface area contributed by atoms with Crippen molar-refractivity contribution in [2.24, 2.45) is 5.92 Å². The lowest BCUT2D eigenvalue weighted by atomic mass is 10.0. The monoisotopic (exact) mass is 273 g/mol. The highest BCUT2D eigenvalue weighted by Gasteiger charge is 2.21. The lowest BCUT2D eigenvalue weighted by Crippen LogP contribution is -2.30. The van der Waals surface area contributed by atoms with Crippen molar-refractivity contribution in [2.45, 2.75) is 19.9 Å². The fourth-order valence-electron chi connectivity index (χ4n) is 1.19. The highest BCUT2D eigenvalue weighted by molar-refractivity contribution is 6.33. The summed E-state index contributed by atoms with van der Waals surface area (Å²) < 4.78 is 0. The summed E-state index contributed by atoms with van der Waals surface area (Å²) in [6.07, 6.45) is 1.06. The third-order valence-electron chi connectivity index (χ3n) is 2.54. The average Bonchev–Trinajstić information content (AvgIpc) is 2.30. The molecule has 0 spiro atoms. The van der Waals surface area contributed by atoms with Gasteiger partial charge in [0.05, 0.1) is 15.9 Å². The van der Waals surface area contributed by atoms with Crippen LogP contribution in [0.5, 0.6) is 0 Å². The van der Waals surface area contributed by atoms with Crippen LogP contribution < -0.4 is 5.32 Å². The average molecular weight is 274 g/mol. The first-order chi connectivity index (χ1) is 8.32. The first-order valence-corrected chi connectivity index (χ1v) is 5.50. The molecule has 0 bridgehead atoms. The number of carbonyl (C=O) groups is 1. The zero-order chi connectivity index (χ0) is 13.9. The number of halogens is 1. The molecule has 0 saturated carbocycles. The molecule has 0 radical (unpaired) electrons. The lowest BCUT2D eigenvalue weighted by molar-refractivity contribution is -0.385. The Balaban J connectivity index is 2.86. The molecule has 2 unspecified atom stereocenters. The van der Waals surface area contributed by atoms with E-state index < -0.39 is 22.9 Å². The summed E-state index contributed by atoms with van der Waals surface area (Å²) in [5.74, 6) is -1.37. The highest BCUT2D eigenvalue weighted by Crippen LogP contribution is 2.25. The largest absolute Gasteiger partial charge is 0.481 e. The molecule has 8 heteroatoms. The van der Waals surface area contributed by atoms with Crippen molar-refractivity contribution in [1.29, 1.82) is 0 Å². The summed E-state index contributed by atoms with van der Waals surface area (Å²) in [6.45, 7) is 3.21. The predicted octanol–water partition coefficient (Wildman–Crippen LogP) is 2.16. The molecule has 1 aromatic heterocycles. The van der Waals surface area contributed by atoms with Gasteiger partial charge in [-0.1, -0.05) is 11.6 Å². The van der Waals surface area contributed by atoms with Crippen molar-refractivity contribution >= 4 is 29.1 Å². The van der Waals surface area contributed by atoms with Crippen molar-refractivity contribution in [2.75, 3.05) is 5.32 Å². The Morgan fingerprint density at radius 1 is 1.61 bits per heavy atom. The molecule has 0 aliphatic rings. The third kappa shape index (κ3) is 3.30. The molecule has 0 saturated heterocycles. The zero-order valence-corrected chi connectivity index (χ0v) is 10.5. The molecule has 0 fully saturated rings. The van der Waals surface area contributed by atoms with Crippen LogP contribution >= 0.6 is 11.6 Å². The van der Waals surface area contributed by atoms with Crippen LogP contribution in [0.1, 0.15) is 13.8 Å². The van der Waals surface area contributed by atoms with Crippen LogP contribution in [0.25, 0.3) is 0 Å². The summed E-state index contributed by atoms with van der Waals surface area (Å²) in [7, 11) is 0. The zero-order valence-electron chi connectivity index (χ0n) is 9.75. The number of hydrogen-bond acceptors (Lipinski definition) is 5. The minimum Gasteiger partial charge on any atom is -0.481 e. The summed E-state index contributed by atoms with van der Waals surface area (Å²) in [5, 5.41) is 22.2. The van der Waals surface area contributed by atoms with E-state index in [0.717, 1.165) is 12.3 Å². The van der Waals surface area contributed by atoms with Crippen LogP contribution in [0.4, 0.5) is 11.5 Å². The van der Waals surface area contributed by atoms with Gasteiger partial charge in [-0.15, -0.1) is 0 Å². The maximum atomic E-state index is 10.8. The van der Waals surface area contributed by atoms with Gasteiger partial charge in [0.1, 0.15) is 12.0 Å². The van der Waals surface area contributed by atoms with Crippen LogP contribution in [0.3, 0.4) is 0 Å². The fraction of sp³-hybridized carbons (Fsp3) is 0.400. The number of anilines is 1. The quantitative estimate of drug-likeness (QED) is 0.629. The van der Waals surface area contributed by atoms with Gasteiger partial charge >= 0.3 is 5.97 Å². The van der Waals surface area contributed by atoms with Gasteiger partial charge < -0.3 is 10.4 Å². The summed E-state index contributed by atoms with van der Waals surface area (Å²) in [5.41, 5.74) is -0.218. The standard InChI is InChI=1S/C10H12ClN3O4/c1-5(10(15)16)6(2)13-9-8(11)3-7(4-12-9)14(17)18/h3-6H,1-2H3,(H,12,13)(H,15,16). The molecule has 98 valence electrons. The van der Waals surface area contributed by atoms with E-state index in [0.29, 0.717) is 0 Å². The Labute approximate surface area is 108 Å². The van der Waals surface area contributed by atoms with Crippen LogP contribution in [0, 0.1) is 16.0 Å². The second-order valence-corrected chi connectivity index (χ2v) is 4.25. The van der Waals surface area contributed by atoms with E-state index >= 15 is 0 Å². The van der Waals surface area contributed by atoms with Gasteiger partial charge in [0.15, 0.2) is 0 Å². The Hall–Kier alpha value is -1.89. The summed E-state index contributed by atoms with van der Waals surface area (Å²) >= 11 is 5.82. The van der Waals surface area contributed by atoms with Gasteiger partial charge in [-0.25, -0.2) is 4.98 Å². The smallest absolute Gasteiger partial charge is 0.308 e. The molecule has 7 nitrogen and oxygen atoms in total. The Kier molecular flexibility index (Phi) is 4.43. The van der Waals surface area contributed by atoms with E-state index in [-0.39, 0.29) is 16.5 Å². The van der Waals surface area contributed by atoms with Crippen molar-refractivity contribution in [1.82, 2.24) is 4.98 Å². The molecule has 1 aromatic rings. The van der Waals surface area contributed by atoms with Crippen molar-refractivity contribution in [3.8, 4) is 0 Å². The fourth-order valence-corrected chi connectivity index (χ4v) is 1.40. The van der Waals surface area contributed by atoms with Gasteiger partial charge in [0, 0.05) is 12.1 Å². The molecule has 2 atom stereocenters. The van der Waals surface area contributed by atoms with E-state index in [1.165, 1.54) is 0 Å². The second-order valence-electron chi connectivity index (χ2n) is 3.84. The Morgan fingerprint density at radius 2 is 2.22 bits per heavy atom. The Bertz CT molecular complexity index is 480. The number of nitrogens with zero attached hydrogens (tertiary/aromatic N) is 2. The number of carboxylic acids is 1. The van der Waals surface area contributed by atoms with E-state index in [4.69, 9.17) is 16.7 Å². The molecule has 1 heterocycles. The second kappa shape index (κ2) is 5.63. The topological polar surface area (TPSA) is 105 Å². The van der Waals surface area contributed by atoms with E-state index in [1.807, 2.05) is 0 Å². The van der Waals surface area contributed by atoms with Crippen LogP contribution in [0.2, 0.25) is 5.02 Å². The maximum Gasteiger partial charge on any atom is 0.308 e. The number of pyridine rings is 1. The molecule has 0 aromatic carbocycles. The van der Waals surface area contributed by atoms with Gasteiger partial charge in [0.2, 0.25) is 0 Å². The van der Waals surface area contributed by atoms with Crippen molar-refractivity contribution in [3.63, 3.8) is 0 Å². The van der Waals surface area contributed by atoms with E-state index in [2.05, 4.69) is 10.3 Å². The number of carboxylic acid groups (broad SMARTS) is 1. The molecule has 0 amide bonds. The first kappa shape index (κ1) is 14.2. The molecule has 0 aliphatic heterocycles. The van der Waals surface area contributed by atoms with Crippen molar-refractivity contribution in [3.05, 3.63) is 27.4 Å². The summed E-state index contributed by atoms with van der Waals surface area (Å²) in [4.78, 5) is 24.5. The summed E-state index contributed by atoms with van der Waals surface area (Å²) in [6, 6.07) is 0.753. The van der Waals surface area contributed by atoms with Crippen LogP contribution in [0.15, 0.2) is 12.3 Å². The number of rotatable bonds is 5. The van der Waals surface area contributed by atoms with Crippen LogP contribution in [-0.4, -0.2) is 27.0 Å². The number of aromatic nitrogens is 1. The normalized spacial score (nSPS) is 13.7. The number of aliphatic carboxylic acids is 1. The minimum absolute atomic E-state index is 0.0774. The number of hydrogen-bond donors (Lipinski definition) is 2. The van der Waals surface area contributed by atoms with Gasteiger partial charge in [-0.2, -0.15) is 0 Å².